The molecule has 0 aromatic carbocycles. The van der Waals surface area contributed by atoms with Gasteiger partial charge in [0.1, 0.15) is 38.1 Å². The molecule has 3 saturated heterocycles. The van der Waals surface area contributed by atoms with Crippen molar-refractivity contribution in [3.05, 3.63) is 0 Å². The summed E-state index contributed by atoms with van der Waals surface area (Å²) < 4.78 is 99.4. The highest BCUT2D eigenvalue weighted by atomic mass is 16.8. The van der Waals surface area contributed by atoms with E-state index in [4.69, 9.17) is 91.0 Å². The molecule has 3 aliphatic heterocycles. The van der Waals surface area contributed by atoms with Crippen molar-refractivity contribution in [2.75, 3.05) is 65.8 Å². The van der Waals surface area contributed by atoms with Crippen LogP contribution in [-0.2, 0) is 162 Å². The van der Waals surface area contributed by atoms with Crippen LogP contribution in [0.3, 0.4) is 0 Å². The van der Waals surface area contributed by atoms with Crippen LogP contribution >= 0.6 is 0 Å². The summed E-state index contributed by atoms with van der Waals surface area (Å²) in [6, 6.07) is 0. The van der Waals surface area contributed by atoms with Gasteiger partial charge in [-0.25, -0.2) is 0 Å². The Morgan fingerprint density at radius 1 is 0.313 bits per heavy atom. The summed E-state index contributed by atoms with van der Waals surface area (Å²) in [5.74, 6) is -13.2. The molecule has 0 aromatic heterocycles. The first-order valence-corrected chi connectivity index (χ1v) is 31.1. The smallest absolute Gasteiger partial charge is 0.303 e. The molecule has 0 unspecified atom stereocenters. The fourth-order valence-electron chi connectivity index (χ4n) is 10.3. The van der Waals surface area contributed by atoms with Crippen LogP contribution < -0.4 is 27.0 Å². The van der Waals surface area contributed by atoms with Crippen LogP contribution in [-0.4, -0.2) is 259 Å². The lowest BCUT2D eigenvalue weighted by atomic mass is 9.83. The minimum atomic E-state index is -1.61. The van der Waals surface area contributed by atoms with E-state index in [-0.39, 0.29) is 38.9 Å². The Labute approximate surface area is 567 Å². The zero-order chi connectivity index (χ0) is 74.3. The molecule has 0 aliphatic carbocycles. The second kappa shape index (κ2) is 42.3. The molecule has 3 aliphatic rings. The lowest BCUT2D eigenvalue weighted by Gasteiger charge is -2.44. The van der Waals surface area contributed by atoms with E-state index in [9.17, 15) is 76.7 Å². The molecule has 39 nitrogen and oxygen atoms in total. The Morgan fingerprint density at radius 3 is 0.747 bits per heavy atom. The molecule has 0 bridgehead atoms. The quantitative estimate of drug-likeness (QED) is 0.0231. The van der Waals surface area contributed by atoms with Gasteiger partial charge >= 0.3 is 71.6 Å². The van der Waals surface area contributed by atoms with E-state index in [0.717, 1.165) is 83.1 Å². The number of carbonyl (C=O) groups excluding carboxylic acids is 16. The Bertz CT molecular complexity index is 2560. The molecule has 99 heavy (non-hydrogen) atoms. The molecule has 15 atom stereocenters. The predicted molar refractivity (Wildman–Crippen MR) is 320 cm³/mol. The first-order valence-electron chi connectivity index (χ1n) is 31.1. The fourth-order valence-corrected chi connectivity index (χ4v) is 10.3. The monoisotopic (exact) mass is 1420 g/mol. The van der Waals surface area contributed by atoms with Crippen LogP contribution in [0.5, 0.6) is 0 Å². The van der Waals surface area contributed by atoms with Crippen molar-refractivity contribution >= 4 is 95.3 Å². The molecule has 6 N–H and O–H groups in total. The maximum absolute atomic E-state index is 13.8. The largest absolute Gasteiger partial charge is 0.463 e. The molecule has 39 heteroatoms. The number of hydrogen-bond donors (Lipinski definition) is 5. The summed E-state index contributed by atoms with van der Waals surface area (Å²) in [5.41, 5.74) is 4.16. The van der Waals surface area contributed by atoms with Gasteiger partial charge in [-0.2, -0.15) is 0 Å². The summed E-state index contributed by atoms with van der Waals surface area (Å²) in [6.45, 7) is 8.08. The van der Waals surface area contributed by atoms with Crippen molar-refractivity contribution in [2.24, 2.45) is 5.73 Å². The summed E-state index contributed by atoms with van der Waals surface area (Å²) in [6.07, 6.45) is -24.9. The van der Waals surface area contributed by atoms with Crippen molar-refractivity contribution in [1.29, 1.82) is 0 Å². The van der Waals surface area contributed by atoms with Crippen molar-refractivity contribution < 1.29 is 162 Å². The Balaban J connectivity index is 1.91. The molecule has 0 spiro atoms. The predicted octanol–water partition coefficient (Wildman–Crippen LogP) is -3.21. The number of carbonyl (C=O) groups is 16. The van der Waals surface area contributed by atoms with Gasteiger partial charge in [0.05, 0.1) is 26.4 Å². The van der Waals surface area contributed by atoms with E-state index in [2.05, 4.69) is 21.3 Å². The average Bonchev–Trinajstić information content (AvgIpc) is 0.803. The number of rotatable bonds is 38. The van der Waals surface area contributed by atoms with Crippen molar-refractivity contribution in [1.82, 2.24) is 21.3 Å². The topological polar surface area (TPSA) is 513 Å². The maximum atomic E-state index is 13.8. The fraction of sp³-hybridized carbons (Fsp3) is 0.733. The third-order valence-corrected chi connectivity index (χ3v) is 14.0. The van der Waals surface area contributed by atoms with Crippen molar-refractivity contribution in [2.45, 2.75) is 219 Å². The van der Waals surface area contributed by atoms with Crippen molar-refractivity contribution in [3.63, 3.8) is 0 Å². The molecule has 0 radical (unpaired) electrons. The summed E-state index contributed by atoms with van der Waals surface area (Å²) >= 11 is 0. The minimum Gasteiger partial charge on any atom is -0.463 e. The molecule has 3 heterocycles. The van der Waals surface area contributed by atoms with Crippen LogP contribution in [0.1, 0.15) is 122 Å². The highest BCUT2D eigenvalue weighted by Gasteiger charge is 2.56. The lowest BCUT2D eigenvalue weighted by molar-refractivity contribution is -0.307. The van der Waals surface area contributed by atoms with Gasteiger partial charge in [-0.15, -0.1) is 0 Å². The summed E-state index contributed by atoms with van der Waals surface area (Å²) in [7, 11) is 0. The minimum absolute atomic E-state index is 0.288. The molecule has 558 valence electrons. The number of nitrogens with two attached hydrogens (primary N) is 1. The standard InChI is InChI=1S/C60H89N5O34/c1-29(66)85-26-41-48(88-32(4)69)51(91-35(7)72)54(94-38(10)75)57(97-41)82-22-19-62-44(78)13-16-60(65-47(81)25-61,17-14-45(79)63-20-23-83-58-55(95-39(11)76)52(92-36(8)73)49(89-33(5)70)42(98-58)27-86-30(2)67)18-15-46(80)64-21-24-84-59-56(96-40(12)77)53(93-37(9)74)50(90-34(6)71)43(99-59)28-87-31(3)68/h41-43,48-59H,13-28,61H2,1-12H3,(H,62,78)(H,63,79)(H,64,80)(H,65,81)/t41-,42-,43-,48+,49+,50+,51+,52+,53+,54-,55-,56-,57-,58-,59-/m1/s1. The van der Waals surface area contributed by atoms with E-state index >= 15 is 0 Å². The van der Waals surface area contributed by atoms with E-state index in [0.29, 0.717) is 0 Å². The van der Waals surface area contributed by atoms with Gasteiger partial charge in [-0.05, 0) is 19.3 Å². The van der Waals surface area contributed by atoms with E-state index in [1.165, 1.54) is 0 Å². The second-order valence-electron chi connectivity index (χ2n) is 22.4. The number of hydrogen-bond acceptors (Lipinski definition) is 35. The highest BCUT2D eigenvalue weighted by Crippen LogP contribution is 2.34. The van der Waals surface area contributed by atoms with Gasteiger partial charge in [-0.1, -0.05) is 0 Å². The Morgan fingerprint density at radius 2 is 0.535 bits per heavy atom. The zero-order valence-corrected chi connectivity index (χ0v) is 56.9. The maximum Gasteiger partial charge on any atom is 0.303 e. The molecular weight excluding hydrogens is 1330 g/mol. The summed E-state index contributed by atoms with van der Waals surface area (Å²) in [4.78, 5) is 201. The van der Waals surface area contributed by atoms with E-state index < -0.39 is 258 Å². The highest BCUT2D eigenvalue weighted by molar-refractivity contribution is 5.81. The SMILES string of the molecule is CC(=O)OC[C@H]1O[C@@H](OCCNC(=O)CCC(CCC(=O)NCCO[C@@H]2O[C@H](COC(C)=O)[C@H](OC(C)=O)[C@H](OC(C)=O)[C@H]2OC(C)=O)(CCC(=O)NCCO[C@@H]2O[C@H](COC(C)=O)[C@H](OC(C)=O)[C@H](OC(C)=O)[C@H]2OC(C)=O)NC(=O)CN)[C@H](OC(C)=O)[C@@H](OC(C)=O)[C@H]1OC(C)=O. The molecular formula is C60H89N5O34. The lowest BCUT2D eigenvalue weighted by Crippen LogP contribution is -2.63. The number of ether oxygens (including phenoxy) is 18. The van der Waals surface area contributed by atoms with Crippen LogP contribution in [0.25, 0.3) is 0 Å². The number of amides is 4. The number of esters is 12. The zero-order valence-electron chi connectivity index (χ0n) is 56.9. The van der Waals surface area contributed by atoms with Crippen LogP contribution in [0.15, 0.2) is 0 Å². The van der Waals surface area contributed by atoms with Gasteiger partial charge in [0.25, 0.3) is 0 Å². The van der Waals surface area contributed by atoms with Crippen LogP contribution in [0, 0.1) is 0 Å². The van der Waals surface area contributed by atoms with Crippen molar-refractivity contribution in [3.8, 4) is 0 Å². The second-order valence-corrected chi connectivity index (χ2v) is 22.4. The average molecular weight is 1420 g/mol. The number of nitrogens with one attached hydrogen (secondary N) is 4. The van der Waals surface area contributed by atoms with Gasteiger partial charge in [0, 0.05) is 128 Å². The normalized spacial score (nSPS) is 24.8. The van der Waals surface area contributed by atoms with E-state index in [1.54, 1.807) is 0 Å². The molecule has 3 fully saturated rings. The first kappa shape index (κ1) is 84.5. The molecule has 0 aromatic rings. The molecule has 3 rings (SSSR count). The third kappa shape index (κ3) is 30.9. The van der Waals surface area contributed by atoms with Crippen LogP contribution in [0.2, 0.25) is 0 Å². The Kier molecular flexibility index (Phi) is 36.0. The third-order valence-electron chi connectivity index (χ3n) is 14.0. The van der Waals surface area contributed by atoms with Gasteiger partial charge < -0.3 is 112 Å². The summed E-state index contributed by atoms with van der Waals surface area (Å²) in [5, 5.41) is 10.6. The van der Waals surface area contributed by atoms with E-state index in [1.807, 2.05) is 0 Å². The molecule has 4 amide bonds. The molecule has 0 saturated carbocycles. The van der Waals surface area contributed by atoms with Crippen LogP contribution in [0.4, 0.5) is 0 Å². The van der Waals surface area contributed by atoms with Gasteiger partial charge in [-0.3, -0.25) is 76.7 Å². The van der Waals surface area contributed by atoms with Gasteiger partial charge in [0.2, 0.25) is 23.6 Å². The Hall–Kier alpha value is -8.76. The van der Waals surface area contributed by atoms with Gasteiger partial charge in [0.15, 0.2) is 73.8 Å². The first-order chi connectivity index (χ1) is 46.5.